The first-order valence-corrected chi connectivity index (χ1v) is 6.42. The molecule has 0 spiro atoms. The Balaban J connectivity index is 2.40. The Morgan fingerprint density at radius 3 is 2.88 bits per heavy atom. The Hall–Kier alpha value is -0.990. The van der Waals surface area contributed by atoms with Crippen molar-refractivity contribution in [3.05, 3.63) is 37.7 Å². The van der Waals surface area contributed by atoms with E-state index in [1.807, 2.05) is 0 Å². The van der Waals surface area contributed by atoms with E-state index in [0.29, 0.717) is 14.8 Å². The van der Waals surface area contributed by atoms with Crippen LogP contribution in [0.5, 0.6) is 5.75 Å². The van der Waals surface area contributed by atoms with E-state index >= 15 is 0 Å². The van der Waals surface area contributed by atoms with E-state index in [-0.39, 0.29) is 5.75 Å². The van der Waals surface area contributed by atoms with Gasteiger partial charge in [-0.05, 0) is 40.3 Å². The summed E-state index contributed by atoms with van der Waals surface area (Å²) in [5, 5.41) is 20.2. The summed E-state index contributed by atoms with van der Waals surface area (Å²) >= 11 is 11.5. The smallest absolute Gasteiger partial charge is 0.216 e. The largest absolute Gasteiger partial charge is 0.506 e. The standard InChI is InChI=1S/C9H6Br2N4OS/c10-6-1-5(8(16)7(11)2-6)3-13-15-4-12-14-9(15)17/h1-4,16H,(H,14,17)/b13-3+. The zero-order valence-electron chi connectivity index (χ0n) is 8.26. The molecule has 5 nitrogen and oxygen atoms in total. The van der Waals surface area contributed by atoms with Crippen LogP contribution in [0.2, 0.25) is 0 Å². The van der Waals surface area contributed by atoms with Gasteiger partial charge in [0.15, 0.2) is 0 Å². The normalized spacial score (nSPS) is 11.2. The van der Waals surface area contributed by atoms with Crippen molar-refractivity contribution in [3.8, 4) is 5.75 Å². The first kappa shape index (κ1) is 12.5. The van der Waals surface area contributed by atoms with Gasteiger partial charge in [0.2, 0.25) is 4.77 Å². The third-order valence-corrected chi connectivity index (χ3v) is 3.25. The van der Waals surface area contributed by atoms with Gasteiger partial charge in [0.05, 0.1) is 10.7 Å². The Labute approximate surface area is 118 Å². The summed E-state index contributed by atoms with van der Waals surface area (Å²) in [6.07, 6.45) is 2.94. The molecule has 0 radical (unpaired) electrons. The monoisotopic (exact) mass is 376 g/mol. The van der Waals surface area contributed by atoms with Crippen LogP contribution in [0.15, 0.2) is 32.5 Å². The summed E-state index contributed by atoms with van der Waals surface area (Å²) in [6, 6.07) is 3.49. The maximum absolute atomic E-state index is 9.80. The van der Waals surface area contributed by atoms with E-state index < -0.39 is 0 Å². The number of aromatic amines is 1. The molecule has 8 heteroatoms. The van der Waals surface area contributed by atoms with Crippen molar-refractivity contribution in [1.29, 1.82) is 0 Å². The molecule has 1 aromatic heterocycles. The molecule has 1 aromatic carbocycles. The molecule has 2 rings (SSSR count). The van der Waals surface area contributed by atoms with Crippen molar-refractivity contribution >= 4 is 50.3 Å². The predicted molar refractivity (Wildman–Crippen MR) is 73.9 cm³/mol. The molecule has 0 atom stereocenters. The fraction of sp³-hybridized carbons (Fsp3) is 0. The first-order chi connectivity index (χ1) is 8.08. The van der Waals surface area contributed by atoms with Gasteiger partial charge in [0, 0.05) is 10.0 Å². The summed E-state index contributed by atoms with van der Waals surface area (Å²) in [6.45, 7) is 0. The maximum atomic E-state index is 9.80. The summed E-state index contributed by atoms with van der Waals surface area (Å²) in [5.74, 6) is 0.118. The topological polar surface area (TPSA) is 66.2 Å². The Kier molecular flexibility index (Phi) is 3.75. The van der Waals surface area contributed by atoms with Crippen LogP contribution in [-0.4, -0.2) is 26.2 Å². The van der Waals surface area contributed by atoms with E-state index in [1.54, 1.807) is 12.1 Å². The highest BCUT2D eigenvalue weighted by molar-refractivity contribution is 9.11. The van der Waals surface area contributed by atoms with Gasteiger partial charge in [0.25, 0.3) is 0 Å². The molecule has 0 aliphatic carbocycles. The molecule has 2 aromatic rings. The van der Waals surface area contributed by atoms with Gasteiger partial charge in [-0.2, -0.15) is 14.9 Å². The lowest BCUT2D eigenvalue weighted by molar-refractivity contribution is 0.471. The first-order valence-electron chi connectivity index (χ1n) is 4.42. The molecular weight excluding hydrogens is 372 g/mol. The number of phenols is 1. The van der Waals surface area contributed by atoms with E-state index in [1.165, 1.54) is 17.2 Å². The van der Waals surface area contributed by atoms with Crippen molar-refractivity contribution < 1.29 is 5.11 Å². The molecule has 2 N–H and O–H groups in total. The lowest BCUT2D eigenvalue weighted by Crippen LogP contribution is -1.90. The molecule has 17 heavy (non-hydrogen) atoms. The van der Waals surface area contributed by atoms with E-state index in [0.717, 1.165) is 4.47 Å². The van der Waals surface area contributed by atoms with Gasteiger partial charge in [-0.3, -0.25) is 5.10 Å². The average molecular weight is 378 g/mol. The van der Waals surface area contributed by atoms with E-state index in [9.17, 15) is 5.11 Å². The van der Waals surface area contributed by atoms with Crippen molar-refractivity contribution in [1.82, 2.24) is 14.9 Å². The number of aromatic hydroxyl groups is 1. The highest BCUT2D eigenvalue weighted by Crippen LogP contribution is 2.30. The molecule has 88 valence electrons. The number of hydrogen-bond acceptors (Lipinski definition) is 4. The molecule has 0 bridgehead atoms. The summed E-state index contributed by atoms with van der Waals surface area (Å²) < 4.78 is 3.20. The van der Waals surface area contributed by atoms with Gasteiger partial charge in [0.1, 0.15) is 12.1 Å². The minimum atomic E-state index is 0.118. The van der Waals surface area contributed by atoms with Crippen LogP contribution in [0.3, 0.4) is 0 Å². The fourth-order valence-electron chi connectivity index (χ4n) is 1.13. The number of rotatable bonds is 2. The van der Waals surface area contributed by atoms with Gasteiger partial charge < -0.3 is 5.11 Å². The van der Waals surface area contributed by atoms with Gasteiger partial charge in [-0.25, -0.2) is 0 Å². The number of hydrogen-bond donors (Lipinski definition) is 2. The van der Waals surface area contributed by atoms with Crippen LogP contribution in [0.4, 0.5) is 0 Å². The number of nitrogens with zero attached hydrogens (tertiary/aromatic N) is 3. The molecular formula is C9H6Br2N4OS. The Bertz CT molecular complexity index is 634. The molecule has 0 unspecified atom stereocenters. The molecule has 1 heterocycles. The molecule has 0 saturated heterocycles. The third kappa shape index (κ3) is 2.82. The molecule has 0 saturated carbocycles. The molecule has 0 aliphatic rings. The molecule has 0 fully saturated rings. The van der Waals surface area contributed by atoms with E-state index in [2.05, 4.69) is 47.2 Å². The van der Waals surface area contributed by atoms with E-state index in [4.69, 9.17) is 12.2 Å². The number of nitrogens with one attached hydrogen (secondary N) is 1. The fourth-order valence-corrected chi connectivity index (χ4v) is 2.54. The maximum Gasteiger partial charge on any atom is 0.216 e. The van der Waals surface area contributed by atoms with Crippen molar-refractivity contribution in [2.45, 2.75) is 0 Å². The van der Waals surface area contributed by atoms with Crippen LogP contribution in [0, 0.1) is 4.77 Å². The highest BCUT2D eigenvalue weighted by atomic mass is 79.9. The Morgan fingerprint density at radius 1 is 1.47 bits per heavy atom. The van der Waals surface area contributed by atoms with Crippen LogP contribution >= 0.6 is 44.1 Å². The number of phenolic OH excluding ortho intramolecular Hbond substituents is 1. The summed E-state index contributed by atoms with van der Waals surface area (Å²) in [7, 11) is 0. The summed E-state index contributed by atoms with van der Waals surface area (Å²) in [4.78, 5) is 0. The molecule has 0 aliphatic heterocycles. The van der Waals surface area contributed by atoms with Crippen molar-refractivity contribution in [2.24, 2.45) is 5.10 Å². The lowest BCUT2D eigenvalue weighted by Gasteiger charge is -2.02. The quantitative estimate of drug-likeness (QED) is 0.624. The lowest BCUT2D eigenvalue weighted by atomic mass is 10.2. The number of H-pyrrole nitrogens is 1. The number of benzene rings is 1. The average Bonchev–Trinajstić information content (AvgIpc) is 2.67. The second-order valence-electron chi connectivity index (χ2n) is 3.08. The Morgan fingerprint density at radius 2 is 2.24 bits per heavy atom. The summed E-state index contributed by atoms with van der Waals surface area (Å²) in [5.41, 5.74) is 0.564. The zero-order chi connectivity index (χ0) is 12.4. The zero-order valence-corrected chi connectivity index (χ0v) is 12.3. The number of halogens is 2. The van der Waals surface area contributed by atoms with Crippen molar-refractivity contribution in [2.75, 3.05) is 0 Å². The van der Waals surface area contributed by atoms with Gasteiger partial charge >= 0.3 is 0 Å². The van der Waals surface area contributed by atoms with Crippen molar-refractivity contribution in [3.63, 3.8) is 0 Å². The number of aromatic nitrogens is 3. The second kappa shape index (κ2) is 5.11. The highest BCUT2D eigenvalue weighted by Gasteiger charge is 2.05. The predicted octanol–water partition coefficient (Wildman–Crippen LogP) is 3.05. The van der Waals surface area contributed by atoms with Crippen LogP contribution in [-0.2, 0) is 0 Å². The second-order valence-corrected chi connectivity index (χ2v) is 5.23. The minimum absolute atomic E-state index is 0.118. The van der Waals surface area contributed by atoms with Crippen LogP contribution in [0.25, 0.3) is 0 Å². The third-order valence-electron chi connectivity index (χ3n) is 1.91. The van der Waals surface area contributed by atoms with Gasteiger partial charge in [-0.1, -0.05) is 15.9 Å². The minimum Gasteiger partial charge on any atom is -0.506 e. The van der Waals surface area contributed by atoms with Crippen LogP contribution < -0.4 is 0 Å². The van der Waals surface area contributed by atoms with Crippen LogP contribution in [0.1, 0.15) is 5.56 Å². The molecule has 0 amide bonds. The van der Waals surface area contributed by atoms with Gasteiger partial charge in [-0.15, -0.1) is 0 Å². The SMILES string of the molecule is Oc1c(Br)cc(Br)cc1/C=N/n1cn[nH]c1=S.